The van der Waals surface area contributed by atoms with Gasteiger partial charge in [-0.05, 0) is 97.6 Å². The van der Waals surface area contributed by atoms with Crippen molar-refractivity contribution >= 4 is 39.0 Å². The maximum absolute atomic E-state index is 6.54. The van der Waals surface area contributed by atoms with Crippen LogP contribution >= 0.6 is 0 Å². The molecule has 296 valence electrons. The zero-order valence-corrected chi connectivity index (χ0v) is 35.4. The zero-order valence-electron chi connectivity index (χ0n) is 35.4. The highest BCUT2D eigenvalue weighted by Crippen LogP contribution is 2.63. The van der Waals surface area contributed by atoms with E-state index in [0.717, 1.165) is 44.4 Å². The fourth-order valence-corrected chi connectivity index (χ4v) is 10.7. The highest BCUT2D eigenvalue weighted by Gasteiger charge is 2.45. The zero-order chi connectivity index (χ0) is 41.7. The summed E-state index contributed by atoms with van der Waals surface area (Å²) < 4.78 is 6.54. The Labute approximate surface area is 363 Å². The van der Waals surface area contributed by atoms with Gasteiger partial charge in [0.25, 0.3) is 0 Å². The van der Waals surface area contributed by atoms with Crippen LogP contribution in [-0.2, 0) is 10.8 Å². The van der Waals surface area contributed by atoms with Crippen LogP contribution in [0.15, 0.2) is 205 Å². The van der Waals surface area contributed by atoms with Gasteiger partial charge in [-0.2, -0.15) is 0 Å². The number of rotatable bonds is 6. The molecule has 0 N–H and O–H groups in total. The first kappa shape index (κ1) is 36.4. The summed E-state index contributed by atoms with van der Waals surface area (Å²) in [6.45, 7) is 9.64. The van der Waals surface area contributed by atoms with E-state index in [0.29, 0.717) is 0 Å². The number of hydrogen-bond acceptors (Lipinski definition) is 2. The third kappa shape index (κ3) is 5.36. The molecule has 0 radical (unpaired) electrons. The molecule has 62 heavy (non-hydrogen) atoms. The van der Waals surface area contributed by atoms with E-state index in [4.69, 9.17) is 4.42 Å². The minimum atomic E-state index is -0.230. The largest absolute Gasteiger partial charge is 0.455 e. The van der Waals surface area contributed by atoms with Crippen LogP contribution in [0.2, 0.25) is 0 Å². The van der Waals surface area contributed by atoms with Gasteiger partial charge in [0.2, 0.25) is 0 Å². The summed E-state index contributed by atoms with van der Waals surface area (Å²) in [5.41, 5.74) is 22.6. The molecule has 0 atom stereocenters. The topological polar surface area (TPSA) is 16.4 Å². The summed E-state index contributed by atoms with van der Waals surface area (Å²) in [5.74, 6) is 0. The van der Waals surface area contributed by atoms with Gasteiger partial charge in [0, 0.05) is 49.7 Å². The van der Waals surface area contributed by atoms with E-state index < -0.39 is 0 Å². The minimum Gasteiger partial charge on any atom is -0.455 e. The summed E-state index contributed by atoms with van der Waals surface area (Å²) in [4.78, 5) is 2.55. The predicted octanol–water partition coefficient (Wildman–Crippen LogP) is 16.7. The molecule has 2 aliphatic carbocycles. The van der Waals surface area contributed by atoms with E-state index >= 15 is 0 Å². The molecular formula is C60H45NO. The molecule has 12 rings (SSSR count). The van der Waals surface area contributed by atoms with Crippen LogP contribution in [-0.4, -0.2) is 0 Å². The van der Waals surface area contributed by atoms with Crippen LogP contribution in [0, 0.1) is 0 Å². The molecule has 0 unspecified atom stereocenters. The summed E-state index contributed by atoms with van der Waals surface area (Å²) in [5, 5.41) is 2.27. The molecule has 2 heteroatoms. The van der Waals surface area contributed by atoms with Gasteiger partial charge in [-0.3, -0.25) is 0 Å². The molecule has 2 nitrogen and oxygen atoms in total. The summed E-state index contributed by atoms with van der Waals surface area (Å²) in [6, 6.07) is 73.4. The lowest BCUT2D eigenvalue weighted by Gasteiger charge is -2.33. The van der Waals surface area contributed by atoms with Gasteiger partial charge in [0.1, 0.15) is 11.2 Å². The van der Waals surface area contributed by atoms with E-state index in [2.05, 4.69) is 227 Å². The molecule has 0 aliphatic heterocycles. The molecular weight excluding hydrogens is 751 g/mol. The van der Waals surface area contributed by atoms with Gasteiger partial charge in [-0.15, -0.1) is 0 Å². The van der Waals surface area contributed by atoms with Gasteiger partial charge < -0.3 is 9.32 Å². The Morgan fingerprint density at radius 2 is 0.855 bits per heavy atom. The van der Waals surface area contributed by atoms with Crippen LogP contribution in [0.3, 0.4) is 0 Å². The van der Waals surface area contributed by atoms with E-state index in [-0.39, 0.29) is 10.8 Å². The maximum atomic E-state index is 6.54. The Hall–Kier alpha value is -7.42. The number of furan rings is 1. The third-order valence-electron chi connectivity index (χ3n) is 13.9. The number of para-hydroxylation sites is 2. The summed E-state index contributed by atoms with van der Waals surface area (Å²) >= 11 is 0. The van der Waals surface area contributed by atoms with Gasteiger partial charge in [-0.25, -0.2) is 0 Å². The van der Waals surface area contributed by atoms with Gasteiger partial charge in [0.05, 0.1) is 5.69 Å². The molecule has 1 aromatic heterocycles. The maximum Gasteiger partial charge on any atom is 0.143 e. The van der Waals surface area contributed by atoms with Crippen molar-refractivity contribution in [3.05, 3.63) is 222 Å². The van der Waals surface area contributed by atoms with Gasteiger partial charge >= 0.3 is 0 Å². The highest BCUT2D eigenvalue weighted by molar-refractivity contribution is 6.10. The first-order valence-electron chi connectivity index (χ1n) is 21.8. The van der Waals surface area contributed by atoms with Crippen molar-refractivity contribution in [2.24, 2.45) is 0 Å². The van der Waals surface area contributed by atoms with Crippen molar-refractivity contribution in [2.75, 3.05) is 4.90 Å². The molecule has 0 bridgehead atoms. The van der Waals surface area contributed by atoms with Gasteiger partial charge in [0.15, 0.2) is 0 Å². The van der Waals surface area contributed by atoms with Crippen LogP contribution in [0.5, 0.6) is 0 Å². The SMILES string of the molecule is CC1(C)c2ccccc2-c2c1cc1c(c2N(c2ccc(-c3ccccc3)cc2)c2ccc(-c3cccc4c3oc3ccccc34)cc2)-c2cc(-c3ccccc3)ccc2C1(C)C. The standard InChI is InChI=1S/C60H45NO/c1-59(2)50-24-13-11-21-48(50)55-52(59)37-53-56(49-36-42(39-18-9-6-10-19-39)30-35-51(49)60(53,3)4)57(55)61(43-31-26-40(27-32-43)38-16-7-5-8-17-38)44-33-28-41(29-34-44)45-22-15-23-47-46-20-12-14-25-54(46)62-58(45)47/h5-37H,1-4H3. The Morgan fingerprint density at radius 3 is 1.55 bits per heavy atom. The Morgan fingerprint density at radius 1 is 0.355 bits per heavy atom. The summed E-state index contributed by atoms with van der Waals surface area (Å²) in [7, 11) is 0. The molecule has 2 aliphatic rings. The fourth-order valence-electron chi connectivity index (χ4n) is 10.7. The third-order valence-corrected chi connectivity index (χ3v) is 13.9. The second-order valence-electron chi connectivity index (χ2n) is 18.1. The van der Waals surface area contributed by atoms with Crippen LogP contribution in [0.25, 0.3) is 77.6 Å². The van der Waals surface area contributed by atoms with Crippen molar-refractivity contribution in [1.29, 1.82) is 0 Å². The Balaban J connectivity index is 1.14. The van der Waals surface area contributed by atoms with Crippen LogP contribution < -0.4 is 4.90 Å². The summed E-state index contributed by atoms with van der Waals surface area (Å²) in [6.07, 6.45) is 0. The van der Waals surface area contributed by atoms with Crippen molar-refractivity contribution in [1.82, 2.24) is 0 Å². The van der Waals surface area contributed by atoms with Crippen molar-refractivity contribution in [2.45, 2.75) is 38.5 Å². The minimum absolute atomic E-state index is 0.201. The second kappa shape index (κ2) is 13.5. The first-order valence-corrected chi connectivity index (χ1v) is 21.8. The van der Waals surface area contributed by atoms with E-state index in [1.54, 1.807) is 0 Å². The molecule has 0 amide bonds. The fraction of sp³-hybridized carbons (Fsp3) is 0.100. The van der Waals surface area contributed by atoms with Crippen molar-refractivity contribution < 1.29 is 4.42 Å². The molecule has 0 saturated carbocycles. The van der Waals surface area contributed by atoms with E-state index in [1.807, 2.05) is 6.07 Å². The lowest BCUT2D eigenvalue weighted by Crippen LogP contribution is -2.20. The number of nitrogens with zero attached hydrogens (tertiary/aromatic N) is 1. The second-order valence-corrected chi connectivity index (χ2v) is 18.1. The number of anilines is 3. The van der Waals surface area contributed by atoms with E-state index in [1.165, 1.54) is 72.4 Å². The average molecular weight is 796 g/mol. The van der Waals surface area contributed by atoms with Crippen LogP contribution in [0.1, 0.15) is 49.9 Å². The first-order chi connectivity index (χ1) is 30.3. The number of benzene rings is 9. The predicted molar refractivity (Wildman–Crippen MR) is 260 cm³/mol. The lowest BCUT2D eigenvalue weighted by atomic mass is 9.77. The molecule has 10 aromatic rings. The molecule has 9 aromatic carbocycles. The van der Waals surface area contributed by atoms with Crippen molar-refractivity contribution in [3.63, 3.8) is 0 Å². The molecule has 0 spiro atoms. The molecule has 0 fully saturated rings. The Kier molecular flexibility index (Phi) is 7.96. The average Bonchev–Trinajstić information content (AvgIpc) is 3.89. The normalized spacial score (nSPS) is 14.1. The highest BCUT2D eigenvalue weighted by atomic mass is 16.3. The van der Waals surface area contributed by atoms with E-state index in [9.17, 15) is 0 Å². The monoisotopic (exact) mass is 795 g/mol. The van der Waals surface area contributed by atoms with Crippen molar-refractivity contribution in [3.8, 4) is 55.6 Å². The molecule has 0 saturated heterocycles. The number of fused-ring (bicyclic) bond motifs is 9. The Bertz CT molecular complexity index is 3370. The van der Waals surface area contributed by atoms with Gasteiger partial charge in [-0.1, -0.05) is 191 Å². The smallest absolute Gasteiger partial charge is 0.143 e. The number of hydrogen-bond donors (Lipinski definition) is 0. The molecule has 1 heterocycles. The van der Waals surface area contributed by atoms with Crippen LogP contribution in [0.4, 0.5) is 17.1 Å². The quantitative estimate of drug-likeness (QED) is 0.167. The lowest BCUT2D eigenvalue weighted by molar-refractivity contribution is 0.639.